The molecule has 1 saturated heterocycles. The molecule has 0 unspecified atom stereocenters. The predicted octanol–water partition coefficient (Wildman–Crippen LogP) is 5.12. The van der Waals surface area contributed by atoms with E-state index in [-0.39, 0.29) is 35.7 Å². The molecule has 9 nitrogen and oxygen atoms in total. The SMILES string of the molecule is COc1ccc(COC(=O)C2=C(Sc3ccc(CSC(=N)N)cc3I)CS[C@@H]3[C@H](NC(=O)Cc4ccccc4)C(=O)N23)cc1. The van der Waals surface area contributed by atoms with Gasteiger partial charge in [-0.3, -0.25) is 19.9 Å². The topological polar surface area (TPSA) is 135 Å². The third-order valence-corrected chi connectivity index (χ3v) is 11.5. The average Bonchev–Trinajstić information content (AvgIpc) is 3.03. The molecule has 0 bridgehead atoms. The van der Waals surface area contributed by atoms with Gasteiger partial charge in [0.15, 0.2) is 5.17 Å². The molecule has 2 atom stereocenters. The number of hydrogen-bond donors (Lipinski definition) is 3. The highest BCUT2D eigenvalue weighted by atomic mass is 127. The Bertz CT molecular complexity index is 1600. The average molecular weight is 761 g/mol. The lowest BCUT2D eigenvalue weighted by Gasteiger charge is -2.49. The molecule has 2 aliphatic rings. The maximum absolute atomic E-state index is 13.6. The van der Waals surface area contributed by atoms with Crippen molar-refractivity contribution in [3.8, 4) is 5.75 Å². The molecule has 13 heteroatoms. The van der Waals surface area contributed by atoms with Crippen LogP contribution in [0.5, 0.6) is 5.75 Å². The molecule has 44 heavy (non-hydrogen) atoms. The van der Waals surface area contributed by atoms with Crippen molar-refractivity contribution in [3.05, 3.63) is 104 Å². The number of thioether (sulfide) groups is 3. The van der Waals surface area contributed by atoms with Crippen LogP contribution in [0, 0.1) is 8.98 Å². The van der Waals surface area contributed by atoms with Crippen LogP contribution in [0.25, 0.3) is 0 Å². The normalized spacial score (nSPS) is 17.4. The van der Waals surface area contributed by atoms with Crippen LogP contribution in [0.3, 0.4) is 0 Å². The van der Waals surface area contributed by atoms with Gasteiger partial charge in [-0.2, -0.15) is 0 Å². The zero-order valence-electron chi connectivity index (χ0n) is 23.6. The molecular formula is C31H29IN4O5S3. The summed E-state index contributed by atoms with van der Waals surface area (Å²) in [5.74, 6) is 0.555. The number of amidine groups is 1. The maximum atomic E-state index is 13.6. The first-order valence-corrected chi connectivity index (χ1v) is 17.4. The van der Waals surface area contributed by atoms with Crippen LogP contribution >= 0.6 is 57.9 Å². The van der Waals surface area contributed by atoms with E-state index in [1.807, 2.05) is 60.7 Å². The number of nitrogens with one attached hydrogen (secondary N) is 2. The Morgan fingerprint density at radius 2 is 1.82 bits per heavy atom. The molecule has 0 aromatic heterocycles. The van der Waals surface area contributed by atoms with E-state index in [1.54, 1.807) is 19.2 Å². The summed E-state index contributed by atoms with van der Waals surface area (Å²) in [7, 11) is 1.58. The minimum Gasteiger partial charge on any atom is -0.497 e. The van der Waals surface area contributed by atoms with Crippen molar-refractivity contribution in [2.45, 2.75) is 35.1 Å². The van der Waals surface area contributed by atoms with Crippen molar-refractivity contribution in [2.24, 2.45) is 5.73 Å². The Kier molecular flexibility index (Phi) is 10.8. The molecule has 2 aliphatic heterocycles. The summed E-state index contributed by atoms with van der Waals surface area (Å²) in [6.45, 7) is 0.0292. The van der Waals surface area contributed by atoms with Gasteiger partial charge in [-0.25, -0.2) is 4.79 Å². The lowest BCUT2D eigenvalue weighted by molar-refractivity contribution is -0.153. The highest BCUT2D eigenvalue weighted by molar-refractivity contribution is 14.1. The van der Waals surface area contributed by atoms with E-state index in [9.17, 15) is 14.4 Å². The lowest BCUT2D eigenvalue weighted by atomic mass is 10.0. The number of benzene rings is 3. The zero-order valence-corrected chi connectivity index (χ0v) is 28.2. The summed E-state index contributed by atoms with van der Waals surface area (Å²) in [5.41, 5.74) is 8.36. The Balaban J connectivity index is 1.35. The Morgan fingerprint density at radius 3 is 2.50 bits per heavy atom. The number of esters is 1. The number of ether oxygens (including phenoxy) is 2. The van der Waals surface area contributed by atoms with E-state index in [2.05, 4.69) is 27.9 Å². The first-order valence-electron chi connectivity index (χ1n) is 13.5. The molecule has 228 valence electrons. The Labute approximate surface area is 281 Å². The Hall–Kier alpha value is -3.14. The molecule has 3 aromatic carbocycles. The van der Waals surface area contributed by atoms with Crippen molar-refractivity contribution in [1.82, 2.24) is 10.2 Å². The second-order valence-electron chi connectivity index (χ2n) is 9.83. The van der Waals surface area contributed by atoms with Gasteiger partial charge in [-0.05, 0) is 63.5 Å². The van der Waals surface area contributed by atoms with Crippen molar-refractivity contribution in [2.75, 3.05) is 12.9 Å². The van der Waals surface area contributed by atoms with Gasteiger partial charge in [-0.1, -0.05) is 72.1 Å². The smallest absolute Gasteiger partial charge is 0.356 e. The second kappa shape index (κ2) is 14.8. The first-order chi connectivity index (χ1) is 21.2. The van der Waals surface area contributed by atoms with Crippen molar-refractivity contribution < 1.29 is 23.9 Å². The van der Waals surface area contributed by atoms with Gasteiger partial charge in [0.25, 0.3) is 5.91 Å². The number of methoxy groups -OCH3 is 1. The van der Waals surface area contributed by atoms with Gasteiger partial charge < -0.3 is 20.5 Å². The third kappa shape index (κ3) is 7.73. The fraction of sp³-hybridized carbons (Fsp3) is 0.226. The number of rotatable bonds is 11. The molecular weight excluding hydrogens is 731 g/mol. The minimum absolute atomic E-state index is 0.0292. The molecule has 2 amide bonds. The largest absolute Gasteiger partial charge is 0.497 e. The molecule has 3 aromatic rings. The summed E-state index contributed by atoms with van der Waals surface area (Å²) >= 11 is 6.43. The monoisotopic (exact) mass is 760 g/mol. The van der Waals surface area contributed by atoms with Crippen molar-refractivity contribution in [3.63, 3.8) is 0 Å². The molecule has 0 saturated carbocycles. The maximum Gasteiger partial charge on any atom is 0.356 e. The Morgan fingerprint density at radius 1 is 1.09 bits per heavy atom. The molecule has 0 radical (unpaired) electrons. The van der Waals surface area contributed by atoms with Gasteiger partial charge in [0.2, 0.25) is 5.91 Å². The molecule has 0 spiro atoms. The van der Waals surface area contributed by atoms with E-state index < -0.39 is 17.4 Å². The van der Waals surface area contributed by atoms with Crippen LogP contribution < -0.4 is 15.8 Å². The van der Waals surface area contributed by atoms with Gasteiger partial charge >= 0.3 is 5.97 Å². The molecule has 5 rings (SSSR count). The van der Waals surface area contributed by atoms with Crippen LogP contribution in [-0.4, -0.2) is 52.1 Å². The number of carbonyl (C=O) groups is 3. The van der Waals surface area contributed by atoms with Crippen LogP contribution in [0.4, 0.5) is 0 Å². The number of carbonyl (C=O) groups excluding carboxylic acids is 3. The van der Waals surface area contributed by atoms with Crippen LogP contribution in [0.1, 0.15) is 16.7 Å². The van der Waals surface area contributed by atoms with E-state index in [1.165, 1.54) is 40.2 Å². The third-order valence-electron chi connectivity index (χ3n) is 6.80. The fourth-order valence-electron chi connectivity index (χ4n) is 4.61. The standard InChI is InChI=1S/C31H29IN4O5S3/c1-40-21-10-7-19(8-11-21)15-41-30(39)27-24(44-23-12-9-20(13-22(23)32)16-43-31(33)34)17-42-29-26(28(38)36(27)29)35-25(37)14-18-5-3-2-4-6-18/h2-13,26,29H,14-17H2,1H3,(H3,33,34)(H,35,37)/t26-,29-/m1/s1. The molecule has 1 fully saturated rings. The summed E-state index contributed by atoms with van der Waals surface area (Å²) < 4.78 is 11.9. The lowest BCUT2D eigenvalue weighted by Crippen LogP contribution is -2.70. The number of hydrogen-bond acceptors (Lipinski definition) is 9. The quantitative estimate of drug-likeness (QED) is 0.0802. The van der Waals surface area contributed by atoms with Gasteiger partial charge in [-0.15, -0.1) is 11.8 Å². The molecule has 4 N–H and O–H groups in total. The van der Waals surface area contributed by atoms with Crippen molar-refractivity contribution in [1.29, 1.82) is 5.41 Å². The molecule has 0 aliphatic carbocycles. The summed E-state index contributed by atoms with van der Waals surface area (Å²) in [6.07, 6.45) is 0.162. The number of β-lactam (4-membered cyclic amide) rings is 1. The van der Waals surface area contributed by atoms with Crippen LogP contribution in [0.15, 0.2) is 88.3 Å². The zero-order chi connectivity index (χ0) is 31.2. The highest BCUT2D eigenvalue weighted by Crippen LogP contribution is 2.46. The second-order valence-corrected chi connectivity index (χ2v) is 14.3. The van der Waals surface area contributed by atoms with Gasteiger partial charge in [0.05, 0.1) is 13.5 Å². The van der Waals surface area contributed by atoms with Crippen LogP contribution in [0.2, 0.25) is 0 Å². The number of fused-ring (bicyclic) bond motifs is 1. The van der Waals surface area contributed by atoms with E-state index in [4.69, 9.17) is 20.6 Å². The number of halogens is 1. The minimum atomic E-state index is -0.731. The van der Waals surface area contributed by atoms with Crippen molar-refractivity contribution >= 4 is 80.8 Å². The summed E-state index contributed by atoms with van der Waals surface area (Å²) in [6, 6.07) is 21.8. The summed E-state index contributed by atoms with van der Waals surface area (Å²) in [4.78, 5) is 43.0. The van der Waals surface area contributed by atoms with E-state index >= 15 is 0 Å². The van der Waals surface area contributed by atoms with Gasteiger partial charge in [0.1, 0.15) is 29.5 Å². The summed E-state index contributed by atoms with van der Waals surface area (Å²) in [5, 5.41) is 9.97. The molecule has 2 heterocycles. The fourth-order valence-corrected chi connectivity index (χ4v) is 8.50. The first kappa shape index (κ1) is 32.3. The van der Waals surface area contributed by atoms with E-state index in [0.29, 0.717) is 22.2 Å². The number of amides is 2. The number of nitrogens with two attached hydrogens (primary N) is 1. The highest BCUT2D eigenvalue weighted by Gasteiger charge is 2.54. The predicted molar refractivity (Wildman–Crippen MR) is 183 cm³/mol. The number of nitrogens with zero attached hydrogens (tertiary/aromatic N) is 1. The van der Waals surface area contributed by atoms with Crippen LogP contribution in [-0.2, 0) is 37.9 Å². The van der Waals surface area contributed by atoms with E-state index in [0.717, 1.165) is 25.2 Å². The van der Waals surface area contributed by atoms with Gasteiger partial charge in [0, 0.05) is 24.9 Å².